The fourth-order valence-corrected chi connectivity index (χ4v) is 4.41. The summed E-state index contributed by atoms with van der Waals surface area (Å²) in [5, 5.41) is 5.76. The van der Waals surface area contributed by atoms with Crippen molar-refractivity contribution in [2.45, 2.75) is 47.1 Å². The van der Waals surface area contributed by atoms with Gasteiger partial charge in [0.2, 0.25) is 5.91 Å². The molecule has 2 heterocycles. The van der Waals surface area contributed by atoms with Gasteiger partial charge in [-0.2, -0.15) is 5.10 Å². The van der Waals surface area contributed by atoms with Crippen molar-refractivity contribution in [3.05, 3.63) is 65.0 Å². The lowest BCUT2D eigenvalue weighted by Crippen LogP contribution is -2.30. The van der Waals surface area contributed by atoms with E-state index >= 15 is 0 Å². The molecule has 0 aliphatic carbocycles. The summed E-state index contributed by atoms with van der Waals surface area (Å²) in [5.41, 5.74) is 5.85. The molecule has 2 aromatic carbocycles. The summed E-state index contributed by atoms with van der Waals surface area (Å²) >= 11 is 0. The first kappa shape index (κ1) is 23.5. The molecule has 0 aliphatic rings. The Kier molecular flexibility index (Phi) is 7.01. The van der Waals surface area contributed by atoms with Gasteiger partial charge >= 0.3 is 0 Å². The number of aryl methyl sites for hydroxylation is 2. The van der Waals surface area contributed by atoms with Crippen LogP contribution in [0, 0.1) is 13.8 Å². The van der Waals surface area contributed by atoms with Gasteiger partial charge in [0, 0.05) is 36.3 Å². The average Bonchev–Trinajstić information content (AvgIpc) is 3.22. The second kappa shape index (κ2) is 10.1. The van der Waals surface area contributed by atoms with Crippen LogP contribution in [0.5, 0.6) is 11.5 Å². The van der Waals surface area contributed by atoms with E-state index in [0.29, 0.717) is 44.0 Å². The standard InChI is InChI=1S/C27H32N4O3/c1-6-30(17-20-12-14-24(34-7-2)25(16-20)33-5)26(32)15-13-21-18(3)28-27-22-10-8-9-11-23(22)29-31(27)19(21)4/h8-12,14,16H,6-7,13,15,17H2,1-5H3. The molecule has 1 amide bonds. The van der Waals surface area contributed by atoms with Crippen molar-refractivity contribution in [1.29, 1.82) is 0 Å². The van der Waals surface area contributed by atoms with Crippen molar-refractivity contribution in [2.24, 2.45) is 0 Å². The smallest absolute Gasteiger partial charge is 0.223 e. The third-order valence-electron chi connectivity index (χ3n) is 6.24. The van der Waals surface area contributed by atoms with Gasteiger partial charge in [-0.05, 0) is 69.5 Å². The topological polar surface area (TPSA) is 69.0 Å². The van der Waals surface area contributed by atoms with E-state index in [0.717, 1.165) is 39.1 Å². The predicted octanol–water partition coefficient (Wildman–Crippen LogP) is 4.89. The van der Waals surface area contributed by atoms with Crippen molar-refractivity contribution >= 4 is 22.5 Å². The Morgan fingerprint density at radius 1 is 1.09 bits per heavy atom. The van der Waals surface area contributed by atoms with Crippen LogP contribution in [0.25, 0.3) is 16.6 Å². The Balaban J connectivity index is 1.50. The van der Waals surface area contributed by atoms with E-state index in [1.165, 1.54) is 0 Å². The molecule has 0 spiro atoms. The molecule has 0 fully saturated rings. The fraction of sp³-hybridized carbons (Fsp3) is 0.370. The summed E-state index contributed by atoms with van der Waals surface area (Å²) in [5.74, 6) is 1.50. The number of carbonyl (C=O) groups is 1. The Morgan fingerprint density at radius 2 is 1.88 bits per heavy atom. The number of rotatable bonds is 9. The molecule has 2 aromatic heterocycles. The van der Waals surface area contributed by atoms with Gasteiger partial charge in [0.05, 0.1) is 19.2 Å². The Hall–Kier alpha value is -3.61. The van der Waals surface area contributed by atoms with E-state index in [4.69, 9.17) is 19.6 Å². The number of hydrogen-bond acceptors (Lipinski definition) is 5. The van der Waals surface area contributed by atoms with Gasteiger partial charge in [0.1, 0.15) is 0 Å². The molecule has 0 bridgehead atoms. The van der Waals surface area contributed by atoms with E-state index in [2.05, 4.69) is 6.92 Å². The summed E-state index contributed by atoms with van der Waals surface area (Å²) in [6.45, 7) is 9.74. The zero-order valence-electron chi connectivity index (χ0n) is 20.6. The molecule has 0 aliphatic heterocycles. The van der Waals surface area contributed by atoms with E-state index in [1.54, 1.807) is 7.11 Å². The first-order valence-corrected chi connectivity index (χ1v) is 11.8. The van der Waals surface area contributed by atoms with Crippen LogP contribution in [0.1, 0.15) is 42.8 Å². The maximum absolute atomic E-state index is 13.1. The molecule has 0 N–H and O–H groups in total. The molecular formula is C27H32N4O3. The number of fused-ring (bicyclic) bond motifs is 3. The third-order valence-corrected chi connectivity index (χ3v) is 6.24. The number of aromatic nitrogens is 3. The van der Waals surface area contributed by atoms with Gasteiger partial charge in [-0.1, -0.05) is 18.2 Å². The van der Waals surface area contributed by atoms with Crippen LogP contribution in [0.3, 0.4) is 0 Å². The minimum absolute atomic E-state index is 0.111. The highest BCUT2D eigenvalue weighted by atomic mass is 16.5. The maximum atomic E-state index is 13.1. The number of methoxy groups -OCH3 is 1. The number of hydrogen-bond donors (Lipinski definition) is 0. The van der Waals surface area contributed by atoms with Crippen LogP contribution in [-0.2, 0) is 17.8 Å². The van der Waals surface area contributed by atoms with Crippen molar-refractivity contribution < 1.29 is 14.3 Å². The van der Waals surface area contributed by atoms with Crippen LogP contribution in [0.4, 0.5) is 0 Å². The minimum atomic E-state index is 0.111. The van der Waals surface area contributed by atoms with Gasteiger partial charge in [-0.3, -0.25) is 4.79 Å². The molecule has 7 nitrogen and oxygen atoms in total. The van der Waals surface area contributed by atoms with Crippen molar-refractivity contribution in [3.8, 4) is 11.5 Å². The fourth-order valence-electron chi connectivity index (χ4n) is 4.41. The molecule has 0 radical (unpaired) electrons. The number of benzene rings is 2. The van der Waals surface area contributed by atoms with Gasteiger partial charge in [0.25, 0.3) is 0 Å². The van der Waals surface area contributed by atoms with Crippen molar-refractivity contribution in [3.63, 3.8) is 0 Å². The highest BCUT2D eigenvalue weighted by molar-refractivity contribution is 5.92. The summed E-state index contributed by atoms with van der Waals surface area (Å²) in [6, 6.07) is 13.8. The van der Waals surface area contributed by atoms with Gasteiger partial charge in [0.15, 0.2) is 17.1 Å². The van der Waals surface area contributed by atoms with Crippen LogP contribution in [0.2, 0.25) is 0 Å². The van der Waals surface area contributed by atoms with Crippen LogP contribution >= 0.6 is 0 Å². The summed E-state index contributed by atoms with van der Waals surface area (Å²) in [6.07, 6.45) is 1.04. The molecule has 7 heteroatoms. The van der Waals surface area contributed by atoms with Crippen LogP contribution < -0.4 is 9.47 Å². The average molecular weight is 461 g/mol. The SMILES string of the molecule is CCOc1ccc(CN(CC)C(=O)CCc2c(C)nc3c4ccccc4nn3c2C)cc1OC. The van der Waals surface area contributed by atoms with Crippen molar-refractivity contribution in [1.82, 2.24) is 19.5 Å². The molecule has 0 unspecified atom stereocenters. The Labute approximate surface area is 200 Å². The highest BCUT2D eigenvalue weighted by Gasteiger charge is 2.18. The van der Waals surface area contributed by atoms with Crippen LogP contribution in [0.15, 0.2) is 42.5 Å². The molecule has 178 valence electrons. The molecule has 0 saturated carbocycles. The summed E-state index contributed by atoms with van der Waals surface area (Å²) < 4.78 is 13.0. The monoisotopic (exact) mass is 460 g/mol. The van der Waals surface area contributed by atoms with E-state index < -0.39 is 0 Å². The van der Waals surface area contributed by atoms with Crippen LogP contribution in [-0.4, -0.2) is 45.7 Å². The van der Waals surface area contributed by atoms with Gasteiger partial charge < -0.3 is 14.4 Å². The zero-order chi connectivity index (χ0) is 24.2. The second-order valence-corrected chi connectivity index (χ2v) is 8.34. The van der Waals surface area contributed by atoms with Gasteiger partial charge in [-0.25, -0.2) is 9.50 Å². The summed E-state index contributed by atoms with van der Waals surface area (Å²) in [7, 11) is 1.63. The summed E-state index contributed by atoms with van der Waals surface area (Å²) in [4.78, 5) is 19.8. The van der Waals surface area contributed by atoms with E-state index in [1.807, 2.05) is 72.7 Å². The Morgan fingerprint density at radius 3 is 2.62 bits per heavy atom. The lowest BCUT2D eigenvalue weighted by molar-refractivity contribution is -0.131. The molecule has 0 atom stereocenters. The minimum Gasteiger partial charge on any atom is -0.493 e. The molecule has 4 rings (SSSR count). The first-order chi connectivity index (χ1) is 16.5. The maximum Gasteiger partial charge on any atom is 0.223 e. The van der Waals surface area contributed by atoms with E-state index in [-0.39, 0.29) is 5.91 Å². The number of ether oxygens (including phenoxy) is 2. The molecule has 4 aromatic rings. The largest absolute Gasteiger partial charge is 0.493 e. The normalized spacial score (nSPS) is 11.2. The van der Waals surface area contributed by atoms with Gasteiger partial charge in [-0.15, -0.1) is 0 Å². The first-order valence-electron chi connectivity index (χ1n) is 11.8. The Bertz CT molecular complexity index is 1330. The highest BCUT2D eigenvalue weighted by Crippen LogP contribution is 2.29. The van der Waals surface area contributed by atoms with Crippen molar-refractivity contribution in [2.75, 3.05) is 20.3 Å². The molecule has 0 saturated heterocycles. The van der Waals surface area contributed by atoms with E-state index in [9.17, 15) is 4.79 Å². The number of carbonyl (C=O) groups excluding carboxylic acids is 1. The molecular weight excluding hydrogens is 428 g/mol. The molecule has 34 heavy (non-hydrogen) atoms. The number of amides is 1. The number of nitrogens with zero attached hydrogens (tertiary/aromatic N) is 4. The zero-order valence-corrected chi connectivity index (χ0v) is 20.6. The lowest BCUT2D eigenvalue weighted by atomic mass is 10.1. The second-order valence-electron chi connectivity index (χ2n) is 8.34. The predicted molar refractivity (Wildman–Crippen MR) is 134 cm³/mol. The quantitative estimate of drug-likeness (QED) is 0.356. The third kappa shape index (κ3) is 4.55. The lowest BCUT2D eigenvalue weighted by Gasteiger charge is -2.22.